The van der Waals surface area contributed by atoms with Gasteiger partial charge in [0.1, 0.15) is 5.75 Å². The molecule has 1 aromatic rings. The molecule has 0 aromatic heterocycles. The molecule has 4 nitrogen and oxygen atoms in total. The van der Waals surface area contributed by atoms with Gasteiger partial charge in [-0.3, -0.25) is 4.90 Å². The molecule has 1 fully saturated rings. The molecule has 0 spiro atoms. The molecule has 0 saturated carbocycles. The van der Waals surface area contributed by atoms with Gasteiger partial charge in [0, 0.05) is 38.3 Å². The van der Waals surface area contributed by atoms with Gasteiger partial charge >= 0.3 is 0 Å². The Morgan fingerprint density at radius 1 is 1.43 bits per heavy atom. The number of ether oxygens (including phenoxy) is 1. The summed E-state index contributed by atoms with van der Waals surface area (Å²) >= 11 is 0. The van der Waals surface area contributed by atoms with Crippen molar-refractivity contribution in [2.24, 2.45) is 0 Å². The first kappa shape index (κ1) is 16.0. The van der Waals surface area contributed by atoms with Crippen molar-refractivity contribution >= 4 is 0 Å². The highest BCUT2D eigenvalue weighted by Gasteiger charge is 2.17. The average Bonchev–Trinajstić information content (AvgIpc) is 2.51. The molecule has 0 bridgehead atoms. The van der Waals surface area contributed by atoms with Gasteiger partial charge in [0.25, 0.3) is 0 Å². The minimum absolute atomic E-state index is 0.117. The number of piperidine rings is 1. The lowest BCUT2D eigenvalue weighted by molar-refractivity contribution is 0.0792. The lowest BCUT2D eigenvalue weighted by Gasteiger charge is -2.29. The summed E-state index contributed by atoms with van der Waals surface area (Å²) in [6.45, 7) is 8.13. The maximum atomic E-state index is 9.55. The molecule has 2 rings (SSSR count). The van der Waals surface area contributed by atoms with E-state index >= 15 is 0 Å². The Morgan fingerprint density at radius 2 is 2.19 bits per heavy atom. The van der Waals surface area contributed by atoms with Crippen LogP contribution in [0.5, 0.6) is 5.75 Å². The fourth-order valence-electron chi connectivity index (χ4n) is 2.68. The predicted octanol–water partition coefficient (Wildman–Crippen LogP) is 1.93. The molecular weight excluding hydrogens is 264 g/mol. The fourth-order valence-corrected chi connectivity index (χ4v) is 2.68. The minimum atomic E-state index is -0.117. The molecule has 1 heterocycles. The second-order valence-corrected chi connectivity index (χ2v) is 5.57. The summed E-state index contributed by atoms with van der Waals surface area (Å²) in [6, 6.07) is 6.41. The summed E-state index contributed by atoms with van der Waals surface area (Å²) in [7, 11) is 1.72. The highest BCUT2D eigenvalue weighted by Crippen LogP contribution is 2.22. The van der Waals surface area contributed by atoms with Crippen LogP contribution < -0.4 is 10.1 Å². The zero-order valence-electron chi connectivity index (χ0n) is 12.8. The number of nitrogens with one attached hydrogen (secondary N) is 1. The Hall–Kier alpha value is -1.36. The molecule has 1 aromatic carbocycles. The lowest BCUT2D eigenvalue weighted by atomic mass is 10.1. The number of aliphatic hydroxyl groups excluding tert-OH is 1. The SMILES string of the molecule is C=CCNCc1ccc(CN2CCC(O)CC2)cc1OC. The van der Waals surface area contributed by atoms with Crippen LogP contribution in [0.3, 0.4) is 0 Å². The number of methoxy groups -OCH3 is 1. The Morgan fingerprint density at radius 3 is 2.86 bits per heavy atom. The van der Waals surface area contributed by atoms with E-state index in [1.807, 2.05) is 6.08 Å². The van der Waals surface area contributed by atoms with E-state index in [-0.39, 0.29) is 6.10 Å². The first-order valence-electron chi connectivity index (χ1n) is 7.60. The van der Waals surface area contributed by atoms with Gasteiger partial charge in [0.05, 0.1) is 13.2 Å². The van der Waals surface area contributed by atoms with Gasteiger partial charge in [-0.15, -0.1) is 6.58 Å². The van der Waals surface area contributed by atoms with Crippen molar-refractivity contribution in [2.45, 2.75) is 32.0 Å². The van der Waals surface area contributed by atoms with Gasteiger partial charge < -0.3 is 15.2 Å². The first-order chi connectivity index (χ1) is 10.2. The zero-order chi connectivity index (χ0) is 15.1. The quantitative estimate of drug-likeness (QED) is 0.595. The van der Waals surface area contributed by atoms with Crippen molar-refractivity contribution in [2.75, 3.05) is 26.7 Å². The molecule has 0 unspecified atom stereocenters. The van der Waals surface area contributed by atoms with Crippen molar-refractivity contribution in [3.8, 4) is 5.75 Å². The van der Waals surface area contributed by atoms with E-state index in [0.717, 1.165) is 56.9 Å². The molecule has 1 aliphatic rings. The molecular formula is C17H26N2O2. The monoisotopic (exact) mass is 290 g/mol. The van der Waals surface area contributed by atoms with E-state index in [4.69, 9.17) is 4.74 Å². The van der Waals surface area contributed by atoms with Gasteiger partial charge in [0.2, 0.25) is 0 Å². The van der Waals surface area contributed by atoms with E-state index in [1.54, 1.807) is 7.11 Å². The Kier molecular flexibility index (Phi) is 6.23. The van der Waals surface area contributed by atoms with Gasteiger partial charge in [-0.2, -0.15) is 0 Å². The van der Waals surface area contributed by atoms with Crippen LogP contribution in [-0.2, 0) is 13.1 Å². The van der Waals surface area contributed by atoms with Crippen molar-refractivity contribution in [1.29, 1.82) is 0 Å². The van der Waals surface area contributed by atoms with Crippen molar-refractivity contribution in [3.63, 3.8) is 0 Å². The maximum Gasteiger partial charge on any atom is 0.123 e. The van der Waals surface area contributed by atoms with E-state index in [0.29, 0.717) is 0 Å². The first-order valence-corrected chi connectivity index (χ1v) is 7.60. The van der Waals surface area contributed by atoms with Gasteiger partial charge in [-0.05, 0) is 24.5 Å². The minimum Gasteiger partial charge on any atom is -0.496 e. The van der Waals surface area contributed by atoms with Crippen molar-refractivity contribution in [3.05, 3.63) is 42.0 Å². The second-order valence-electron chi connectivity index (χ2n) is 5.57. The lowest BCUT2D eigenvalue weighted by Crippen LogP contribution is -2.35. The van der Waals surface area contributed by atoms with Crippen LogP contribution in [0, 0.1) is 0 Å². The van der Waals surface area contributed by atoms with E-state index in [9.17, 15) is 5.11 Å². The molecule has 116 valence electrons. The number of hydrogen-bond acceptors (Lipinski definition) is 4. The normalized spacial score (nSPS) is 16.9. The summed E-state index contributed by atoms with van der Waals surface area (Å²) in [6.07, 6.45) is 3.49. The van der Waals surface area contributed by atoms with Crippen LogP contribution in [0.15, 0.2) is 30.9 Å². The molecule has 2 N–H and O–H groups in total. The van der Waals surface area contributed by atoms with Crippen LogP contribution in [0.2, 0.25) is 0 Å². The Bertz CT molecular complexity index is 454. The Balaban J connectivity index is 1.96. The standard InChI is InChI=1S/C17H26N2O2/c1-3-8-18-12-15-5-4-14(11-17(15)21-2)13-19-9-6-16(20)7-10-19/h3-5,11,16,18,20H,1,6-10,12-13H2,2H3. The molecule has 21 heavy (non-hydrogen) atoms. The molecule has 0 radical (unpaired) electrons. The number of likely N-dealkylation sites (tertiary alicyclic amines) is 1. The van der Waals surface area contributed by atoms with Crippen LogP contribution in [-0.4, -0.2) is 42.9 Å². The molecule has 0 aliphatic carbocycles. The highest BCUT2D eigenvalue weighted by molar-refractivity contribution is 5.37. The topological polar surface area (TPSA) is 44.7 Å². The highest BCUT2D eigenvalue weighted by atomic mass is 16.5. The largest absolute Gasteiger partial charge is 0.496 e. The van der Waals surface area contributed by atoms with Crippen molar-refractivity contribution in [1.82, 2.24) is 10.2 Å². The second kappa shape index (κ2) is 8.17. The number of rotatable bonds is 7. The molecule has 4 heteroatoms. The van der Waals surface area contributed by atoms with Crippen LogP contribution in [0.1, 0.15) is 24.0 Å². The summed E-state index contributed by atoms with van der Waals surface area (Å²) < 4.78 is 5.50. The number of aliphatic hydroxyl groups is 1. The van der Waals surface area contributed by atoms with Gasteiger partial charge in [-0.1, -0.05) is 18.2 Å². The molecule has 0 atom stereocenters. The predicted molar refractivity (Wildman–Crippen MR) is 85.4 cm³/mol. The molecule has 1 saturated heterocycles. The summed E-state index contributed by atoms with van der Waals surface area (Å²) in [5.74, 6) is 0.932. The van der Waals surface area contributed by atoms with Gasteiger partial charge in [-0.25, -0.2) is 0 Å². The van der Waals surface area contributed by atoms with E-state index in [2.05, 4.69) is 35.0 Å². The fraction of sp³-hybridized carbons (Fsp3) is 0.529. The van der Waals surface area contributed by atoms with Crippen LogP contribution in [0.25, 0.3) is 0 Å². The summed E-state index contributed by atoms with van der Waals surface area (Å²) in [5.41, 5.74) is 2.42. The number of hydrogen-bond donors (Lipinski definition) is 2. The Labute approximate surface area is 127 Å². The number of nitrogens with zero attached hydrogens (tertiary/aromatic N) is 1. The average molecular weight is 290 g/mol. The van der Waals surface area contributed by atoms with E-state index < -0.39 is 0 Å². The summed E-state index contributed by atoms with van der Waals surface area (Å²) in [4.78, 5) is 2.39. The van der Waals surface area contributed by atoms with Crippen LogP contribution in [0.4, 0.5) is 0 Å². The molecule has 0 amide bonds. The maximum absolute atomic E-state index is 9.55. The molecule has 1 aliphatic heterocycles. The van der Waals surface area contributed by atoms with Gasteiger partial charge in [0.15, 0.2) is 0 Å². The zero-order valence-corrected chi connectivity index (χ0v) is 12.8. The van der Waals surface area contributed by atoms with E-state index in [1.165, 1.54) is 5.56 Å². The summed E-state index contributed by atoms with van der Waals surface area (Å²) in [5, 5.41) is 12.8. The van der Waals surface area contributed by atoms with Crippen molar-refractivity contribution < 1.29 is 9.84 Å². The third-order valence-corrected chi connectivity index (χ3v) is 3.92. The third-order valence-electron chi connectivity index (χ3n) is 3.92. The smallest absolute Gasteiger partial charge is 0.123 e. The number of benzene rings is 1. The third kappa shape index (κ3) is 4.84. The van der Waals surface area contributed by atoms with Crippen LogP contribution >= 0.6 is 0 Å².